The van der Waals surface area contributed by atoms with E-state index in [0.29, 0.717) is 31.7 Å². The standard InChI is InChI=1S/C29H36N6O3S/c1-28(2)6-5-23-22(15-28)27(34-18-33-23)35-10-11-38-24-4-3-19(13-21(24)17-35)20-14-25(26(30)32-16-20)39(36,37)12-9-29(31)7-8-29/h3-4,13-14,16,18H,5-12,15,17,31H2,1-2H3,(H2,30,32). The van der Waals surface area contributed by atoms with Crippen LogP contribution in [-0.4, -0.2) is 47.8 Å². The zero-order chi connectivity index (χ0) is 27.4. The largest absolute Gasteiger partial charge is 0.491 e. The fourth-order valence-corrected chi connectivity index (χ4v) is 7.18. The third kappa shape index (κ3) is 5.32. The maximum atomic E-state index is 13.1. The summed E-state index contributed by atoms with van der Waals surface area (Å²) in [6.07, 6.45) is 8.47. The van der Waals surface area contributed by atoms with Crippen molar-refractivity contribution in [3.8, 4) is 16.9 Å². The van der Waals surface area contributed by atoms with Crippen molar-refractivity contribution < 1.29 is 13.2 Å². The summed E-state index contributed by atoms with van der Waals surface area (Å²) in [6, 6.07) is 7.57. The molecule has 0 saturated heterocycles. The first kappa shape index (κ1) is 26.0. The van der Waals surface area contributed by atoms with Crippen molar-refractivity contribution >= 4 is 21.5 Å². The van der Waals surface area contributed by atoms with E-state index in [1.165, 1.54) is 5.56 Å². The summed E-state index contributed by atoms with van der Waals surface area (Å²) in [5.74, 6) is 1.77. The van der Waals surface area contributed by atoms with Crippen LogP contribution in [0.25, 0.3) is 11.1 Å². The van der Waals surface area contributed by atoms with Crippen LogP contribution in [0.4, 0.5) is 11.6 Å². The molecule has 1 saturated carbocycles. The molecule has 6 rings (SSSR count). The molecule has 0 bridgehead atoms. The highest BCUT2D eigenvalue weighted by atomic mass is 32.2. The number of sulfone groups is 1. The number of nitrogens with two attached hydrogens (primary N) is 2. The Labute approximate surface area is 229 Å². The number of anilines is 2. The van der Waals surface area contributed by atoms with Gasteiger partial charge in [-0.2, -0.15) is 0 Å². The van der Waals surface area contributed by atoms with E-state index in [0.717, 1.165) is 60.5 Å². The Morgan fingerprint density at radius 1 is 1.08 bits per heavy atom. The smallest absolute Gasteiger partial charge is 0.182 e. The highest BCUT2D eigenvalue weighted by Gasteiger charge is 2.39. The van der Waals surface area contributed by atoms with E-state index in [4.69, 9.17) is 21.2 Å². The van der Waals surface area contributed by atoms with Gasteiger partial charge in [0, 0.05) is 40.7 Å². The summed E-state index contributed by atoms with van der Waals surface area (Å²) in [5, 5.41) is 0. The number of aromatic nitrogens is 3. The van der Waals surface area contributed by atoms with E-state index in [1.54, 1.807) is 18.6 Å². The summed E-state index contributed by atoms with van der Waals surface area (Å²) in [7, 11) is -3.62. The molecular formula is C29H36N6O3S. The molecule has 3 heterocycles. The van der Waals surface area contributed by atoms with Crippen molar-refractivity contribution in [3.05, 3.63) is 53.6 Å². The van der Waals surface area contributed by atoms with Gasteiger partial charge in [0.2, 0.25) is 0 Å². The van der Waals surface area contributed by atoms with Crippen LogP contribution in [0.5, 0.6) is 5.75 Å². The number of hydrogen-bond donors (Lipinski definition) is 2. The highest BCUT2D eigenvalue weighted by molar-refractivity contribution is 7.91. The number of hydrogen-bond acceptors (Lipinski definition) is 9. The lowest BCUT2D eigenvalue weighted by atomic mass is 9.76. The number of nitrogen functional groups attached to an aromatic ring is 1. The molecule has 3 aliphatic rings. The number of rotatable bonds is 6. The molecule has 0 atom stereocenters. The van der Waals surface area contributed by atoms with Gasteiger partial charge in [-0.15, -0.1) is 0 Å². The zero-order valence-electron chi connectivity index (χ0n) is 22.6. The highest BCUT2D eigenvalue weighted by Crippen LogP contribution is 2.39. The summed E-state index contributed by atoms with van der Waals surface area (Å²) >= 11 is 0. The lowest BCUT2D eigenvalue weighted by Crippen LogP contribution is -2.31. The average Bonchev–Trinajstić information content (AvgIpc) is 3.68. The maximum Gasteiger partial charge on any atom is 0.182 e. The van der Waals surface area contributed by atoms with Crippen molar-refractivity contribution in [1.82, 2.24) is 15.0 Å². The number of ether oxygens (including phenoxy) is 1. The summed E-state index contributed by atoms with van der Waals surface area (Å²) < 4.78 is 32.4. The molecule has 10 heteroatoms. The lowest BCUT2D eigenvalue weighted by Gasteiger charge is -2.33. The van der Waals surface area contributed by atoms with Gasteiger partial charge >= 0.3 is 0 Å². The molecule has 1 aromatic carbocycles. The Kier molecular flexibility index (Phi) is 6.30. The van der Waals surface area contributed by atoms with Gasteiger partial charge < -0.3 is 21.1 Å². The topological polar surface area (TPSA) is 137 Å². The second-order valence-electron chi connectivity index (χ2n) is 12.1. The van der Waals surface area contributed by atoms with E-state index in [9.17, 15) is 8.42 Å². The van der Waals surface area contributed by atoms with Crippen LogP contribution in [0, 0.1) is 5.41 Å². The van der Waals surface area contributed by atoms with E-state index in [1.807, 2.05) is 18.2 Å². The minimum atomic E-state index is -3.62. The monoisotopic (exact) mass is 548 g/mol. The van der Waals surface area contributed by atoms with E-state index < -0.39 is 9.84 Å². The minimum absolute atomic E-state index is 0.0151. The normalized spacial score (nSPS) is 19.4. The molecule has 9 nitrogen and oxygen atoms in total. The third-order valence-electron chi connectivity index (χ3n) is 8.36. The van der Waals surface area contributed by atoms with Crippen LogP contribution in [-0.2, 0) is 29.2 Å². The van der Waals surface area contributed by atoms with E-state index in [-0.39, 0.29) is 27.4 Å². The Hall–Kier alpha value is -3.24. The lowest BCUT2D eigenvalue weighted by molar-refractivity contribution is 0.310. The van der Waals surface area contributed by atoms with Gasteiger partial charge in [0.25, 0.3) is 0 Å². The first-order valence-corrected chi connectivity index (χ1v) is 15.3. The molecule has 0 amide bonds. The fraction of sp³-hybridized carbons (Fsp3) is 0.483. The molecular weight excluding hydrogens is 512 g/mol. The fourth-order valence-electron chi connectivity index (χ4n) is 5.61. The predicted molar refractivity (Wildman–Crippen MR) is 151 cm³/mol. The molecule has 2 aromatic heterocycles. The number of benzene rings is 1. The summed E-state index contributed by atoms with van der Waals surface area (Å²) in [4.78, 5) is 15.9. The zero-order valence-corrected chi connectivity index (χ0v) is 23.4. The molecule has 0 unspecified atom stereocenters. The van der Waals surface area contributed by atoms with Crippen LogP contribution >= 0.6 is 0 Å². The Bertz CT molecular complexity index is 1530. The van der Waals surface area contributed by atoms with Gasteiger partial charge in [-0.25, -0.2) is 23.4 Å². The van der Waals surface area contributed by atoms with Gasteiger partial charge in [0.15, 0.2) is 9.84 Å². The van der Waals surface area contributed by atoms with Gasteiger partial charge in [-0.1, -0.05) is 19.9 Å². The second-order valence-corrected chi connectivity index (χ2v) is 14.2. The number of nitrogens with zero attached hydrogens (tertiary/aromatic N) is 4. The molecule has 3 aromatic rings. The van der Waals surface area contributed by atoms with Crippen LogP contribution < -0.4 is 21.1 Å². The third-order valence-corrected chi connectivity index (χ3v) is 10.1. The van der Waals surface area contributed by atoms with E-state index >= 15 is 0 Å². The first-order valence-electron chi connectivity index (χ1n) is 13.6. The van der Waals surface area contributed by atoms with Crippen molar-refractivity contribution in [3.63, 3.8) is 0 Å². The molecule has 1 aliphatic heterocycles. The van der Waals surface area contributed by atoms with Gasteiger partial charge in [0.1, 0.15) is 35.2 Å². The van der Waals surface area contributed by atoms with Crippen molar-refractivity contribution in [1.29, 1.82) is 0 Å². The van der Waals surface area contributed by atoms with Gasteiger partial charge in [0.05, 0.1) is 12.3 Å². The molecule has 1 fully saturated rings. The van der Waals surface area contributed by atoms with Crippen LogP contribution in [0.15, 0.2) is 41.7 Å². The molecule has 39 heavy (non-hydrogen) atoms. The van der Waals surface area contributed by atoms with Crippen molar-refractivity contribution in [2.24, 2.45) is 11.1 Å². The second kappa shape index (κ2) is 9.45. The van der Waals surface area contributed by atoms with Crippen molar-refractivity contribution in [2.75, 3.05) is 29.5 Å². The number of fused-ring (bicyclic) bond motifs is 2. The minimum Gasteiger partial charge on any atom is -0.491 e. The predicted octanol–water partition coefficient (Wildman–Crippen LogP) is 3.69. The Morgan fingerprint density at radius 3 is 2.69 bits per heavy atom. The maximum absolute atomic E-state index is 13.1. The summed E-state index contributed by atoms with van der Waals surface area (Å²) in [6.45, 7) is 6.48. The Morgan fingerprint density at radius 2 is 1.90 bits per heavy atom. The van der Waals surface area contributed by atoms with E-state index in [2.05, 4.69) is 28.7 Å². The molecule has 4 N–H and O–H groups in total. The van der Waals surface area contributed by atoms with Crippen LogP contribution in [0.2, 0.25) is 0 Å². The van der Waals surface area contributed by atoms with Crippen molar-refractivity contribution in [2.45, 2.75) is 69.4 Å². The average molecular weight is 549 g/mol. The number of pyridine rings is 1. The van der Waals surface area contributed by atoms with Crippen LogP contribution in [0.3, 0.4) is 0 Å². The first-order chi connectivity index (χ1) is 18.5. The molecule has 2 aliphatic carbocycles. The summed E-state index contributed by atoms with van der Waals surface area (Å²) in [5.41, 5.74) is 17.0. The quantitative estimate of drug-likeness (QED) is 0.472. The SMILES string of the molecule is CC1(C)CCc2ncnc(N3CCOc4ccc(-c5cnc(N)c(S(=O)(=O)CCC6(N)CC6)c5)cc4C3)c2C1. The van der Waals surface area contributed by atoms with Gasteiger partial charge in [-0.05, 0) is 67.7 Å². The van der Waals surface area contributed by atoms with Crippen LogP contribution in [0.1, 0.15) is 56.4 Å². The Balaban J connectivity index is 1.30. The molecule has 0 spiro atoms. The molecule has 206 valence electrons. The van der Waals surface area contributed by atoms with Gasteiger partial charge in [-0.3, -0.25) is 0 Å². The molecule has 0 radical (unpaired) electrons. The number of aryl methyl sites for hydroxylation is 1.